The SMILES string of the molecule is O=C1CC[C@@H](C(=O)OCC(=O)c2c(-c3ccccc3)[nH]c3ccccc23)N1. The fraction of sp³-hybridized carbons (Fsp3) is 0.190. The van der Waals surface area contributed by atoms with Gasteiger partial charge >= 0.3 is 5.97 Å². The number of rotatable bonds is 5. The standard InChI is InChI=1S/C21H18N2O4/c24-17(12-27-21(26)16-10-11-18(25)22-16)19-14-8-4-5-9-15(14)23-20(19)13-6-2-1-3-7-13/h1-9,16,23H,10-12H2,(H,22,25)/t16-/m0/s1. The van der Waals surface area contributed by atoms with Crippen molar-refractivity contribution < 1.29 is 19.1 Å². The third-order valence-electron chi connectivity index (χ3n) is 4.67. The van der Waals surface area contributed by atoms with Gasteiger partial charge in [-0.2, -0.15) is 0 Å². The quantitative estimate of drug-likeness (QED) is 0.540. The number of ether oxygens (including phenoxy) is 1. The molecular formula is C21H18N2O4. The topological polar surface area (TPSA) is 88.3 Å². The summed E-state index contributed by atoms with van der Waals surface area (Å²) in [6.07, 6.45) is 0.697. The molecule has 3 aromatic rings. The number of esters is 1. The minimum atomic E-state index is -0.665. The van der Waals surface area contributed by atoms with E-state index in [2.05, 4.69) is 10.3 Å². The van der Waals surface area contributed by atoms with Gasteiger partial charge in [0.05, 0.1) is 11.3 Å². The molecular weight excluding hydrogens is 344 g/mol. The van der Waals surface area contributed by atoms with E-state index in [9.17, 15) is 14.4 Å². The van der Waals surface area contributed by atoms with Crippen molar-refractivity contribution in [3.05, 3.63) is 60.2 Å². The Morgan fingerprint density at radius 1 is 1.04 bits per heavy atom. The Bertz CT molecular complexity index is 1020. The Balaban J connectivity index is 1.61. The van der Waals surface area contributed by atoms with Crippen molar-refractivity contribution in [3.8, 4) is 11.3 Å². The number of nitrogens with one attached hydrogen (secondary N) is 2. The first-order chi connectivity index (χ1) is 13.1. The number of H-pyrrole nitrogens is 1. The Hall–Kier alpha value is -3.41. The molecule has 0 aliphatic carbocycles. The van der Waals surface area contributed by atoms with Crippen LogP contribution in [0.25, 0.3) is 22.2 Å². The van der Waals surface area contributed by atoms with E-state index < -0.39 is 12.0 Å². The second-order valence-corrected chi connectivity index (χ2v) is 6.48. The molecule has 27 heavy (non-hydrogen) atoms. The van der Waals surface area contributed by atoms with Gasteiger partial charge in [0.15, 0.2) is 6.61 Å². The van der Waals surface area contributed by atoms with Crippen molar-refractivity contribution in [1.29, 1.82) is 0 Å². The summed E-state index contributed by atoms with van der Waals surface area (Å²) in [7, 11) is 0. The highest BCUT2D eigenvalue weighted by molar-refractivity contribution is 6.14. The predicted molar refractivity (Wildman–Crippen MR) is 100 cm³/mol. The van der Waals surface area contributed by atoms with Crippen LogP contribution >= 0.6 is 0 Å². The van der Waals surface area contributed by atoms with Gasteiger partial charge in [-0.1, -0.05) is 48.5 Å². The summed E-state index contributed by atoms with van der Waals surface area (Å²) in [5, 5.41) is 3.33. The fourth-order valence-corrected chi connectivity index (χ4v) is 3.35. The van der Waals surface area contributed by atoms with E-state index >= 15 is 0 Å². The molecule has 1 aromatic heterocycles. The van der Waals surface area contributed by atoms with Crippen molar-refractivity contribution in [2.45, 2.75) is 18.9 Å². The normalized spacial score (nSPS) is 16.3. The Morgan fingerprint density at radius 2 is 1.78 bits per heavy atom. The third-order valence-corrected chi connectivity index (χ3v) is 4.67. The first-order valence-electron chi connectivity index (χ1n) is 8.79. The summed E-state index contributed by atoms with van der Waals surface area (Å²) in [4.78, 5) is 39.5. The largest absolute Gasteiger partial charge is 0.456 e. The number of amides is 1. The number of hydrogen-bond donors (Lipinski definition) is 2. The molecule has 1 saturated heterocycles. The molecule has 0 spiro atoms. The maximum atomic E-state index is 12.9. The number of aromatic nitrogens is 1. The Kier molecular flexibility index (Phi) is 4.46. The van der Waals surface area contributed by atoms with Crippen LogP contribution in [0.3, 0.4) is 0 Å². The molecule has 2 N–H and O–H groups in total. The van der Waals surface area contributed by atoms with Crippen molar-refractivity contribution in [2.75, 3.05) is 6.61 Å². The molecule has 1 aliphatic heterocycles. The van der Waals surface area contributed by atoms with Gasteiger partial charge < -0.3 is 15.0 Å². The maximum Gasteiger partial charge on any atom is 0.329 e. The van der Waals surface area contributed by atoms with Gasteiger partial charge in [-0.15, -0.1) is 0 Å². The molecule has 4 rings (SSSR count). The number of hydrogen-bond acceptors (Lipinski definition) is 4. The van der Waals surface area contributed by atoms with E-state index in [1.807, 2.05) is 54.6 Å². The summed E-state index contributed by atoms with van der Waals surface area (Å²) >= 11 is 0. The molecule has 0 unspecified atom stereocenters. The van der Waals surface area contributed by atoms with Crippen LogP contribution in [0.15, 0.2) is 54.6 Å². The van der Waals surface area contributed by atoms with Gasteiger partial charge in [-0.3, -0.25) is 9.59 Å². The number of para-hydroxylation sites is 1. The van der Waals surface area contributed by atoms with E-state index in [0.717, 1.165) is 16.5 Å². The lowest BCUT2D eigenvalue weighted by atomic mass is 10.0. The van der Waals surface area contributed by atoms with Crippen molar-refractivity contribution in [2.24, 2.45) is 0 Å². The van der Waals surface area contributed by atoms with Crippen LogP contribution < -0.4 is 5.32 Å². The minimum Gasteiger partial charge on any atom is -0.456 e. The van der Waals surface area contributed by atoms with Gasteiger partial charge in [-0.05, 0) is 18.1 Å². The highest BCUT2D eigenvalue weighted by Gasteiger charge is 2.29. The van der Waals surface area contributed by atoms with Gasteiger partial charge in [-0.25, -0.2) is 4.79 Å². The number of aromatic amines is 1. The average Bonchev–Trinajstić information content (AvgIpc) is 3.30. The van der Waals surface area contributed by atoms with Crippen LogP contribution in [-0.2, 0) is 14.3 Å². The van der Waals surface area contributed by atoms with Crippen LogP contribution in [0.2, 0.25) is 0 Å². The van der Waals surface area contributed by atoms with Crippen molar-refractivity contribution in [1.82, 2.24) is 10.3 Å². The van der Waals surface area contributed by atoms with Crippen LogP contribution in [0.4, 0.5) is 0 Å². The fourth-order valence-electron chi connectivity index (χ4n) is 3.35. The molecule has 0 saturated carbocycles. The molecule has 136 valence electrons. The van der Waals surface area contributed by atoms with Crippen LogP contribution in [-0.4, -0.2) is 35.3 Å². The average molecular weight is 362 g/mol. The lowest BCUT2D eigenvalue weighted by Crippen LogP contribution is -2.35. The molecule has 6 heteroatoms. The maximum absolute atomic E-state index is 12.9. The van der Waals surface area contributed by atoms with E-state index in [1.165, 1.54) is 0 Å². The summed E-state index contributed by atoms with van der Waals surface area (Å²) < 4.78 is 5.18. The summed E-state index contributed by atoms with van der Waals surface area (Å²) in [5.41, 5.74) is 2.92. The van der Waals surface area contributed by atoms with Gasteiger partial charge in [0, 0.05) is 17.3 Å². The zero-order valence-corrected chi connectivity index (χ0v) is 14.5. The van der Waals surface area contributed by atoms with Crippen molar-refractivity contribution >= 4 is 28.6 Å². The zero-order valence-electron chi connectivity index (χ0n) is 14.5. The molecule has 0 bridgehead atoms. The van der Waals surface area contributed by atoms with Crippen LogP contribution in [0.1, 0.15) is 23.2 Å². The molecule has 1 amide bonds. The predicted octanol–water partition coefficient (Wildman–Crippen LogP) is 2.84. The summed E-state index contributed by atoms with van der Waals surface area (Å²) in [5.74, 6) is -1.04. The smallest absolute Gasteiger partial charge is 0.329 e. The molecule has 2 aromatic carbocycles. The molecule has 1 aliphatic rings. The molecule has 0 radical (unpaired) electrons. The van der Waals surface area contributed by atoms with Gasteiger partial charge in [0.25, 0.3) is 0 Å². The highest BCUT2D eigenvalue weighted by atomic mass is 16.5. The minimum absolute atomic E-state index is 0.175. The first-order valence-corrected chi connectivity index (χ1v) is 8.79. The second-order valence-electron chi connectivity index (χ2n) is 6.48. The monoisotopic (exact) mass is 362 g/mol. The third kappa shape index (κ3) is 3.33. The number of carbonyl (C=O) groups is 3. The van der Waals surface area contributed by atoms with Crippen molar-refractivity contribution in [3.63, 3.8) is 0 Å². The highest BCUT2D eigenvalue weighted by Crippen LogP contribution is 2.30. The molecule has 6 nitrogen and oxygen atoms in total. The van der Waals surface area contributed by atoms with Gasteiger partial charge in [0.2, 0.25) is 11.7 Å². The number of benzene rings is 2. The lowest BCUT2D eigenvalue weighted by Gasteiger charge is -2.10. The number of ketones is 1. The first kappa shape index (κ1) is 17.0. The van der Waals surface area contributed by atoms with Crippen LogP contribution in [0.5, 0.6) is 0 Å². The molecule has 2 heterocycles. The second kappa shape index (κ2) is 7.07. The summed E-state index contributed by atoms with van der Waals surface area (Å²) in [6.45, 7) is -0.368. The number of fused-ring (bicyclic) bond motifs is 1. The van der Waals surface area contributed by atoms with E-state index in [1.54, 1.807) is 0 Å². The van der Waals surface area contributed by atoms with Crippen LogP contribution in [0, 0.1) is 0 Å². The molecule has 1 fully saturated rings. The van der Waals surface area contributed by atoms with Gasteiger partial charge in [0.1, 0.15) is 6.04 Å². The molecule has 1 atom stereocenters. The van der Waals surface area contributed by atoms with E-state index in [4.69, 9.17) is 4.74 Å². The Labute approximate surface area is 155 Å². The number of Topliss-reactive ketones (excluding diaryl/α,β-unsaturated/α-hetero) is 1. The van der Waals surface area contributed by atoms with E-state index in [0.29, 0.717) is 24.1 Å². The van der Waals surface area contributed by atoms with E-state index in [-0.39, 0.29) is 18.3 Å². The lowest BCUT2D eigenvalue weighted by molar-refractivity contribution is -0.145. The number of carbonyl (C=O) groups excluding carboxylic acids is 3. The summed E-state index contributed by atoms with van der Waals surface area (Å²) in [6, 6.07) is 16.4. The Morgan fingerprint density at radius 3 is 2.52 bits per heavy atom. The zero-order chi connectivity index (χ0) is 18.8.